The van der Waals surface area contributed by atoms with Crippen molar-refractivity contribution in [3.63, 3.8) is 0 Å². The molecule has 2 aliphatic rings. The fourth-order valence-electron chi connectivity index (χ4n) is 3.59. The molecule has 29 heavy (non-hydrogen) atoms. The van der Waals surface area contributed by atoms with Gasteiger partial charge in [0.05, 0.1) is 5.56 Å². The zero-order chi connectivity index (χ0) is 20.4. The topological polar surface area (TPSA) is 83.0 Å². The van der Waals surface area contributed by atoms with Crippen molar-refractivity contribution in [2.45, 2.75) is 52.5 Å². The minimum absolute atomic E-state index is 0.0293. The van der Waals surface area contributed by atoms with E-state index in [4.69, 9.17) is 4.98 Å². The highest BCUT2D eigenvalue weighted by Crippen LogP contribution is 2.28. The fourth-order valence-corrected chi connectivity index (χ4v) is 3.59. The van der Waals surface area contributed by atoms with Gasteiger partial charge in [-0.1, -0.05) is 0 Å². The van der Waals surface area contributed by atoms with Gasteiger partial charge in [-0.2, -0.15) is 0 Å². The predicted octanol–water partition coefficient (Wildman–Crippen LogP) is 2.75. The molecule has 2 aromatic heterocycles. The van der Waals surface area contributed by atoms with E-state index in [1.165, 1.54) is 12.8 Å². The number of carbonyl (C=O) groups is 1. The third kappa shape index (κ3) is 4.83. The Hall–Kier alpha value is -2.70. The van der Waals surface area contributed by atoms with Gasteiger partial charge in [-0.25, -0.2) is 15.0 Å². The Labute approximate surface area is 172 Å². The van der Waals surface area contributed by atoms with E-state index in [0.717, 1.165) is 55.2 Å². The molecule has 1 amide bonds. The second kappa shape index (κ2) is 8.35. The molecule has 0 unspecified atom stereocenters. The first kappa shape index (κ1) is 19.6. The van der Waals surface area contributed by atoms with E-state index in [0.29, 0.717) is 17.3 Å². The fraction of sp³-hybridized carbons (Fsp3) is 0.545. The maximum atomic E-state index is 12.8. The number of aryl methyl sites for hydroxylation is 1. The SMILES string of the molecule is Cc1cnc(N2CCc3cc(C(=O)NCC4CC4)c(NC(C)C)nc3CC2)nc1. The Morgan fingerprint density at radius 2 is 1.93 bits per heavy atom. The number of hydrogen-bond donors (Lipinski definition) is 2. The highest BCUT2D eigenvalue weighted by molar-refractivity contribution is 5.99. The van der Waals surface area contributed by atoms with Crippen LogP contribution in [0.1, 0.15) is 53.9 Å². The summed E-state index contributed by atoms with van der Waals surface area (Å²) in [5.41, 5.74) is 3.91. The molecule has 1 saturated carbocycles. The normalized spacial score (nSPS) is 16.3. The number of rotatable bonds is 6. The second-order valence-electron chi connectivity index (χ2n) is 8.49. The summed E-state index contributed by atoms with van der Waals surface area (Å²) in [4.78, 5) is 28.9. The quantitative estimate of drug-likeness (QED) is 0.784. The van der Waals surface area contributed by atoms with E-state index >= 15 is 0 Å². The van der Waals surface area contributed by atoms with E-state index in [-0.39, 0.29) is 11.9 Å². The maximum absolute atomic E-state index is 12.8. The Bertz CT molecular complexity index is 876. The average Bonchev–Trinajstić information content (AvgIpc) is 3.53. The molecular weight excluding hydrogens is 364 g/mol. The molecule has 0 radical (unpaired) electrons. The molecule has 4 rings (SSSR count). The molecule has 154 valence electrons. The summed E-state index contributed by atoms with van der Waals surface area (Å²) >= 11 is 0. The van der Waals surface area contributed by atoms with Gasteiger partial charge in [0.15, 0.2) is 0 Å². The number of fused-ring (bicyclic) bond motifs is 1. The van der Waals surface area contributed by atoms with Crippen molar-refractivity contribution in [3.05, 3.63) is 40.8 Å². The van der Waals surface area contributed by atoms with Gasteiger partial charge in [-0.15, -0.1) is 0 Å². The molecule has 0 atom stereocenters. The van der Waals surface area contributed by atoms with Crippen LogP contribution in [0.15, 0.2) is 18.5 Å². The smallest absolute Gasteiger partial charge is 0.255 e. The number of nitrogens with zero attached hydrogens (tertiary/aromatic N) is 4. The van der Waals surface area contributed by atoms with Crippen LogP contribution >= 0.6 is 0 Å². The van der Waals surface area contributed by atoms with E-state index in [1.807, 2.05) is 25.4 Å². The van der Waals surface area contributed by atoms with Gasteiger partial charge in [0.25, 0.3) is 5.91 Å². The Morgan fingerprint density at radius 3 is 2.62 bits per heavy atom. The number of aromatic nitrogens is 3. The lowest BCUT2D eigenvalue weighted by Crippen LogP contribution is -2.28. The third-order valence-electron chi connectivity index (χ3n) is 5.43. The van der Waals surface area contributed by atoms with Crippen molar-refractivity contribution in [2.75, 3.05) is 29.9 Å². The largest absolute Gasteiger partial charge is 0.367 e. The predicted molar refractivity (Wildman–Crippen MR) is 114 cm³/mol. The lowest BCUT2D eigenvalue weighted by Gasteiger charge is -2.19. The van der Waals surface area contributed by atoms with Crippen molar-refractivity contribution in [3.8, 4) is 0 Å². The van der Waals surface area contributed by atoms with Crippen molar-refractivity contribution < 1.29 is 4.79 Å². The molecule has 0 spiro atoms. The van der Waals surface area contributed by atoms with Gasteiger partial charge >= 0.3 is 0 Å². The van der Waals surface area contributed by atoms with Crippen LogP contribution in [0.2, 0.25) is 0 Å². The number of nitrogens with one attached hydrogen (secondary N) is 2. The van der Waals surface area contributed by atoms with Crippen LogP contribution in [0, 0.1) is 12.8 Å². The van der Waals surface area contributed by atoms with Crippen molar-refractivity contribution >= 4 is 17.7 Å². The molecule has 1 aliphatic carbocycles. The zero-order valence-electron chi connectivity index (χ0n) is 17.5. The van der Waals surface area contributed by atoms with Gasteiger partial charge in [-0.05, 0) is 63.1 Å². The van der Waals surface area contributed by atoms with Crippen molar-refractivity contribution in [1.82, 2.24) is 20.3 Å². The summed E-state index contributed by atoms with van der Waals surface area (Å²) in [7, 11) is 0. The Kier molecular flexibility index (Phi) is 5.65. The molecule has 1 aliphatic heterocycles. The first-order valence-corrected chi connectivity index (χ1v) is 10.6. The lowest BCUT2D eigenvalue weighted by molar-refractivity contribution is 0.0952. The molecule has 1 fully saturated rings. The number of pyridine rings is 1. The van der Waals surface area contributed by atoms with Crippen LogP contribution in [0.4, 0.5) is 11.8 Å². The number of carbonyl (C=O) groups excluding carboxylic acids is 1. The maximum Gasteiger partial charge on any atom is 0.255 e. The summed E-state index contributed by atoms with van der Waals surface area (Å²) in [6.45, 7) is 8.52. The summed E-state index contributed by atoms with van der Waals surface area (Å²) in [5, 5.41) is 6.45. The van der Waals surface area contributed by atoms with Gasteiger partial charge in [0.1, 0.15) is 5.82 Å². The van der Waals surface area contributed by atoms with E-state index < -0.39 is 0 Å². The highest BCUT2D eigenvalue weighted by atomic mass is 16.1. The summed E-state index contributed by atoms with van der Waals surface area (Å²) in [6, 6.07) is 2.24. The first-order valence-electron chi connectivity index (χ1n) is 10.6. The van der Waals surface area contributed by atoms with Gasteiger partial charge in [0.2, 0.25) is 5.95 Å². The molecule has 2 aromatic rings. The molecular formula is C22H30N6O. The van der Waals surface area contributed by atoms with E-state index in [9.17, 15) is 4.79 Å². The molecule has 7 nitrogen and oxygen atoms in total. The van der Waals surface area contributed by atoms with Crippen LogP contribution in [0.5, 0.6) is 0 Å². The minimum Gasteiger partial charge on any atom is -0.367 e. The van der Waals surface area contributed by atoms with Crippen molar-refractivity contribution in [2.24, 2.45) is 5.92 Å². The Balaban J connectivity index is 1.56. The minimum atomic E-state index is -0.0293. The van der Waals surface area contributed by atoms with E-state index in [1.54, 1.807) is 0 Å². The van der Waals surface area contributed by atoms with Crippen LogP contribution < -0.4 is 15.5 Å². The molecule has 2 N–H and O–H groups in total. The summed E-state index contributed by atoms with van der Waals surface area (Å²) < 4.78 is 0. The van der Waals surface area contributed by atoms with Crippen LogP contribution in [0.25, 0.3) is 0 Å². The van der Waals surface area contributed by atoms with Crippen LogP contribution in [0.3, 0.4) is 0 Å². The number of anilines is 2. The second-order valence-corrected chi connectivity index (χ2v) is 8.49. The molecule has 7 heteroatoms. The van der Waals surface area contributed by atoms with Crippen LogP contribution in [-0.4, -0.2) is 46.5 Å². The van der Waals surface area contributed by atoms with Gasteiger partial charge in [0, 0.05) is 50.2 Å². The zero-order valence-corrected chi connectivity index (χ0v) is 17.5. The highest BCUT2D eigenvalue weighted by Gasteiger charge is 2.25. The van der Waals surface area contributed by atoms with E-state index in [2.05, 4.69) is 39.3 Å². The standard InChI is InChI=1S/C22H30N6O/c1-14(2)26-20-18(21(29)23-13-16-4-5-16)10-17-6-8-28(9-7-19(17)27-20)22-24-11-15(3)12-25-22/h10-12,14,16H,4-9,13H2,1-3H3,(H,23,29)(H,26,27). The monoisotopic (exact) mass is 394 g/mol. The molecule has 3 heterocycles. The third-order valence-corrected chi connectivity index (χ3v) is 5.43. The first-order chi connectivity index (χ1) is 14.0. The molecule has 0 aromatic carbocycles. The molecule has 0 bridgehead atoms. The van der Waals surface area contributed by atoms with Gasteiger partial charge in [-0.3, -0.25) is 4.79 Å². The Morgan fingerprint density at radius 1 is 1.21 bits per heavy atom. The molecule has 0 saturated heterocycles. The number of hydrogen-bond acceptors (Lipinski definition) is 6. The summed E-state index contributed by atoms with van der Waals surface area (Å²) in [6.07, 6.45) is 7.78. The average molecular weight is 395 g/mol. The van der Waals surface area contributed by atoms with Crippen molar-refractivity contribution in [1.29, 1.82) is 0 Å². The summed E-state index contributed by atoms with van der Waals surface area (Å²) in [5.74, 6) is 2.06. The van der Waals surface area contributed by atoms with Crippen LogP contribution in [-0.2, 0) is 12.8 Å². The lowest BCUT2D eigenvalue weighted by atomic mass is 10.0. The van der Waals surface area contributed by atoms with Gasteiger partial charge < -0.3 is 15.5 Å². The number of amides is 1.